The molecule has 1 aromatic carbocycles. The fourth-order valence-corrected chi connectivity index (χ4v) is 2.75. The van der Waals surface area contributed by atoms with Gasteiger partial charge in [-0.25, -0.2) is 0 Å². The van der Waals surface area contributed by atoms with E-state index in [1.165, 1.54) is 31.5 Å². The zero-order valence-electron chi connectivity index (χ0n) is 8.74. The van der Waals surface area contributed by atoms with Gasteiger partial charge < -0.3 is 4.90 Å². The van der Waals surface area contributed by atoms with Crippen molar-refractivity contribution >= 4 is 5.69 Å². The summed E-state index contributed by atoms with van der Waals surface area (Å²) < 4.78 is 0. The molecule has 1 atom stereocenters. The van der Waals surface area contributed by atoms with Gasteiger partial charge in [0.25, 0.3) is 0 Å². The lowest BCUT2D eigenvalue weighted by Gasteiger charge is -2.33. The molecule has 1 heteroatoms. The van der Waals surface area contributed by atoms with Gasteiger partial charge in [-0.2, -0.15) is 0 Å². The summed E-state index contributed by atoms with van der Waals surface area (Å²) in [7, 11) is 2.21. The smallest absolute Gasteiger partial charge is 0.0399 e. The highest BCUT2D eigenvalue weighted by Gasteiger charge is 2.35. The van der Waals surface area contributed by atoms with Crippen LogP contribution in [0.4, 0.5) is 5.69 Å². The normalized spacial score (nSPS) is 26.1. The molecule has 1 saturated carbocycles. The molecule has 1 heterocycles. The van der Waals surface area contributed by atoms with Crippen molar-refractivity contribution in [2.45, 2.75) is 25.2 Å². The zero-order chi connectivity index (χ0) is 9.54. The molecule has 0 radical (unpaired) electrons. The third-order valence-electron chi connectivity index (χ3n) is 3.71. The predicted molar refractivity (Wildman–Crippen MR) is 59.8 cm³/mol. The van der Waals surface area contributed by atoms with Crippen LogP contribution in [0.3, 0.4) is 0 Å². The summed E-state index contributed by atoms with van der Waals surface area (Å²) in [5.74, 6) is 1.87. The maximum atomic E-state index is 2.40. The van der Waals surface area contributed by atoms with E-state index >= 15 is 0 Å². The molecular weight excluding hydrogens is 170 g/mol. The lowest BCUT2D eigenvalue weighted by molar-refractivity contribution is 0.536. The van der Waals surface area contributed by atoms with E-state index in [1.54, 1.807) is 5.56 Å². The Morgan fingerprint density at radius 3 is 2.71 bits per heavy atom. The van der Waals surface area contributed by atoms with Crippen molar-refractivity contribution in [1.82, 2.24) is 0 Å². The Bertz CT molecular complexity index is 341. The highest BCUT2D eigenvalue weighted by molar-refractivity contribution is 5.56. The molecule has 1 aromatic rings. The third kappa shape index (κ3) is 1.23. The molecule has 0 saturated heterocycles. The molecule has 1 aliphatic carbocycles. The topological polar surface area (TPSA) is 3.24 Å². The Hall–Kier alpha value is -0.980. The average Bonchev–Trinajstić information content (AvgIpc) is 3.03. The van der Waals surface area contributed by atoms with Crippen LogP contribution in [-0.2, 0) is 0 Å². The van der Waals surface area contributed by atoms with Gasteiger partial charge in [0.05, 0.1) is 0 Å². The first-order valence-corrected chi connectivity index (χ1v) is 5.66. The van der Waals surface area contributed by atoms with Gasteiger partial charge in [-0.15, -0.1) is 0 Å². The van der Waals surface area contributed by atoms with E-state index in [0.29, 0.717) is 0 Å². The largest absolute Gasteiger partial charge is 0.374 e. The lowest BCUT2D eigenvalue weighted by atomic mass is 9.86. The standard InChI is InChI=1S/C13H17N/c1-14-9-8-11(10-6-7-10)12-4-2-3-5-13(12)14/h2-5,10-11H,6-9H2,1H3. The Morgan fingerprint density at radius 2 is 1.93 bits per heavy atom. The van der Waals surface area contributed by atoms with Crippen molar-refractivity contribution in [2.75, 3.05) is 18.5 Å². The Balaban J connectivity index is 2.02. The summed E-state index contributed by atoms with van der Waals surface area (Å²) in [6.07, 6.45) is 4.28. The molecule has 2 aliphatic rings. The van der Waals surface area contributed by atoms with Gasteiger partial charge in [-0.3, -0.25) is 0 Å². The van der Waals surface area contributed by atoms with Crippen LogP contribution < -0.4 is 4.90 Å². The van der Waals surface area contributed by atoms with Gasteiger partial charge >= 0.3 is 0 Å². The number of para-hydroxylation sites is 1. The van der Waals surface area contributed by atoms with Crippen molar-refractivity contribution in [3.63, 3.8) is 0 Å². The first kappa shape index (κ1) is 8.34. The second-order valence-electron chi connectivity index (χ2n) is 4.71. The van der Waals surface area contributed by atoms with E-state index in [1.807, 2.05) is 0 Å². The fraction of sp³-hybridized carbons (Fsp3) is 0.538. The van der Waals surface area contributed by atoms with Gasteiger partial charge in [0.1, 0.15) is 0 Å². The quantitative estimate of drug-likeness (QED) is 0.653. The van der Waals surface area contributed by atoms with Crippen molar-refractivity contribution in [3.8, 4) is 0 Å². The molecule has 0 aromatic heterocycles. The van der Waals surface area contributed by atoms with Crippen LogP contribution in [0.5, 0.6) is 0 Å². The third-order valence-corrected chi connectivity index (χ3v) is 3.71. The molecule has 0 bridgehead atoms. The van der Waals surface area contributed by atoms with E-state index < -0.39 is 0 Å². The summed E-state index contributed by atoms with van der Waals surface area (Å²) in [6, 6.07) is 8.94. The minimum atomic E-state index is 0.863. The van der Waals surface area contributed by atoms with Gasteiger partial charge in [0.2, 0.25) is 0 Å². The van der Waals surface area contributed by atoms with E-state index in [9.17, 15) is 0 Å². The average molecular weight is 187 g/mol. The van der Waals surface area contributed by atoms with E-state index in [-0.39, 0.29) is 0 Å². The number of nitrogens with zero attached hydrogens (tertiary/aromatic N) is 1. The molecule has 14 heavy (non-hydrogen) atoms. The second-order valence-corrected chi connectivity index (χ2v) is 4.71. The van der Waals surface area contributed by atoms with Gasteiger partial charge in [0, 0.05) is 19.3 Å². The molecule has 1 aliphatic heterocycles. The van der Waals surface area contributed by atoms with Crippen LogP contribution in [0.15, 0.2) is 24.3 Å². The summed E-state index contributed by atoms with van der Waals surface area (Å²) in [5.41, 5.74) is 3.07. The Labute approximate surface area is 85.7 Å². The molecule has 1 unspecified atom stereocenters. The van der Waals surface area contributed by atoms with Gasteiger partial charge in [0.15, 0.2) is 0 Å². The fourth-order valence-electron chi connectivity index (χ4n) is 2.75. The van der Waals surface area contributed by atoms with E-state index in [4.69, 9.17) is 0 Å². The predicted octanol–water partition coefficient (Wildman–Crippen LogP) is 3.02. The number of hydrogen-bond acceptors (Lipinski definition) is 1. The van der Waals surface area contributed by atoms with Crippen LogP contribution in [0.2, 0.25) is 0 Å². The highest BCUT2D eigenvalue weighted by Crippen LogP contribution is 2.48. The minimum Gasteiger partial charge on any atom is -0.374 e. The first-order chi connectivity index (χ1) is 6.86. The highest BCUT2D eigenvalue weighted by atomic mass is 15.1. The molecule has 1 fully saturated rings. The summed E-state index contributed by atoms with van der Waals surface area (Å²) >= 11 is 0. The summed E-state index contributed by atoms with van der Waals surface area (Å²) in [6.45, 7) is 1.23. The number of rotatable bonds is 1. The number of benzene rings is 1. The van der Waals surface area contributed by atoms with Crippen molar-refractivity contribution in [1.29, 1.82) is 0 Å². The molecule has 0 amide bonds. The Morgan fingerprint density at radius 1 is 1.14 bits per heavy atom. The second kappa shape index (κ2) is 3.01. The molecular formula is C13H17N. The number of anilines is 1. The van der Waals surface area contributed by atoms with Crippen molar-refractivity contribution < 1.29 is 0 Å². The Kier molecular flexibility index (Phi) is 1.79. The molecule has 3 rings (SSSR count). The first-order valence-electron chi connectivity index (χ1n) is 5.66. The van der Waals surface area contributed by atoms with Gasteiger partial charge in [-0.05, 0) is 42.7 Å². The van der Waals surface area contributed by atoms with Crippen LogP contribution in [0.25, 0.3) is 0 Å². The maximum absolute atomic E-state index is 2.40. The maximum Gasteiger partial charge on any atom is 0.0399 e. The molecule has 0 spiro atoms. The van der Waals surface area contributed by atoms with Crippen LogP contribution in [0, 0.1) is 5.92 Å². The van der Waals surface area contributed by atoms with Crippen LogP contribution >= 0.6 is 0 Å². The van der Waals surface area contributed by atoms with Crippen molar-refractivity contribution in [3.05, 3.63) is 29.8 Å². The van der Waals surface area contributed by atoms with Gasteiger partial charge in [-0.1, -0.05) is 18.2 Å². The molecule has 74 valence electrons. The van der Waals surface area contributed by atoms with Crippen molar-refractivity contribution in [2.24, 2.45) is 5.92 Å². The van der Waals surface area contributed by atoms with E-state index in [2.05, 4.69) is 36.2 Å². The molecule has 1 nitrogen and oxygen atoms in total. The zero-order valence-corrected chi connectivity index (χ0v) is 8.74. The van der Waals surface area contributed by atoms with E-state index in [0.717, 1.165) is 11.8 Å². The minimum absolute atomic E-state index is 0.863. The lowest BCUT2D eigenvalue weighted by Crippen LogP contribution is -2.27. The van der Waals surface area contributed by atoms with Crippen LogP contribution in [-0.4, -0.2) is 13.6 Å². The number of hydrogen-bond donors (Lipinski definition) is 0. The SMILES string of the molecule is CN1CCC(C2CC2)c2ccccc21. The summed E-state index contributed by atoms with van der Waals surface area (Å²) in [5, 5.41) is 0. The summed E-state index contributed by atoms with van der Waals surface area (Å²) in [4.78, 5) is 2.40. The molecule has 0 N–H and O–H groups in total. The van der Waals surface area contributed by atoms with Crippen LogP contribution in [0.1, 0.15) is 30.7 Å². The number of fused-ring (bicyclic) bond motifs is 1. The monoisotopic (exact) mass is 187 g/mol.